The molecule has 2 aromatic carbocycles. The van der Waals surface area contributed by atoms with Gasteiger partial charge < -0.3 is 10.1 Å². The molecule has 0 saturated heterocycles. The van der Waals surface area contributed by atoms with Gasteiger partial charge >= 0.3 is 0 Å². The fourth-order valence-corrected chi connectivity index (χ4v) is 2.76. The second-order valence-corrected chi connectivity index (χ2v) is 5.66. The van der Waals surface area contributed by atoms with Crippen LogP contribution in [0.25, 0.3) is 0 Å². The normalized spacial score (nSPS) is 20.0. The standard InChI is InChI=1S/C17H15ClN2O/c1-11-10-21-16-5-3-2-4-13(16)17(11)20-15-8-12(9-19)6-7-14(15)18/h2-8,11,17,20H,10H2,1H3. The molecule has 4 heteroatoms. The number of ether oxygens (including phenoxy) is 1. The van der Waals surface area contributed by atoms with Crippen molar-refractivity contribution in [3.8, 4) is 11.8 Å². The fourth-order valence-electron chi connectivity index (χ4n) is 2.59. The van der Waals surface area contributed by atoms with Crippen molar-refractivity contribution in [3.05, 3.63) is 58.6 Å². The lowest BCUT2D eigenvalue weighted by Gasteiger charge is -2.33. The molecule has 0 amide bonds. The van der Waals surface area contributed by atoms with Gasteiger partial charge in [0.1, 0.15) is 5.75 Å². The number of nitriles is 1. The number of nitrogens with one attached hydrogen (secondary N) is 1. The largest absolute Gasteiger partial charge is 0.493 e. The van der Waals surface area contributed by atoms with Gasteiger partial charge in [0, 0.05) is 11.5 Å². The summed E-state index contributed by atoms with van der Waals surface area (Å²) in [4.78, 5) is 0. The number of rotatable bonds is 2. The Balaban J connectivity index is 1.96. The maximum absolute atomic E-state index is 9.03. The fraction of sp³-hybridized carbons (Fsp3) is 0.235. The highest BCUT2D eigenvalue weighted by Gasteiger charge is 2.28. The van der Waals surface area contributed by atoms with E-state index in [0.717, 1.165) is 17.0 Å². The molecule has 0 spiro atoms. The van der Waals surface area contributed by atoms with Gasteiger partial charge in [-0.25, -0.2) is 0 Å². The van der Waals surface area contributed by atoms with Crippen LogP contribution in [-0.2, 0) is 0 Å². The van der Waals surface area contributed by atoms with Crippen molar-refractivity contribution in [1.29, 1.82) is 5.26 Å². The highest BCUT2D eigenvalue weighted by Crippen LogP contribution is 2.38. The van der Waals surface area contributed by atoms with Crippen LogP contribution in [-0.4, -0.2) is 6.61 Å². The summed E-state index contributed by atoms with van der Waals surface area (Å²) in [6.45, 7) is 2.79. The Hall–Kier alpha value is -2.18. The minimum absolute atomic E-state index is 0.112. The maximum atomic E-state index is 9.03. The van der Waals surface area contributed by atoms with Gasteiger partial charge in [0.05, 0.1) is 35.0 Å². The number of halogens is 1. The molecular formula is C17H15ClN2O. The van der Waals surface area contributed by atoms with E-state index in [1.54, 1.807) is 18.2 Å². The van der Waals surface area contributed by atoms with E-state index in [-0.39, 0.29) is 6.04 Å². The van der Waals surface area contributed by atoms with Gasteiger partial charge in [-0.1, -0.05) is 36.7 Å². The van der Waals surface area contributed by atoms with Crippen LogP contribution in [0.3, 0.4) is 0 Å². The van der Waals surface area contributed by atoms with E-state index in [2.05, 4.69) is 24.4 Å². The Morgan fingerprint density at radius 1 is 1.29 bits per heavy atom. The zero-order chi connectivity index (χ0) is 14.8. The lowest BCUT2D eigenvalue weighted by atomic mass is 9.91. The molecular weight excluding hydrogens is 284 g/mol. The van der Waals surface area contributed by atoms with E-state index in [1.807, 2.05) is 18.2 Å². The third kappa shape index (κ3) is 2.68. The summed E-state index contributed by atoms with van der Waals surface area (Å²) in [5.41, 5.74) is 2.49. The second-order valence-electron chi connectivity index (χ2n) is 5.25. The Labute approximate surface area is 129 Å². The number of para-hydroxylation sites is 1. The van der Waals surface area contributed by atoms with Crippen LogP contribution < -0.4 is 10.1 Å². The van der Waals surface area contributed by atoms with Crippen LogP contribution in [0.5, 0.6) is 5.75 Å². The Kier molecular flexibility index (Phi) is 3.72. The van der Waals surface area contributed by atoms with Crippen molar-refractivity contribution in [1.82, 2.24) is 0 Å². The van der Waals surface area contributed by atoms with E-state index in [4.69, 9.17) is 21.6 Å². The third-order valence-electron chi connectivity index (χ3n) is 3.73. The monoisotopic (exact) mass is 298 g/mol. The Bertz CT molecular complexity index is 708. The number of nitrogens with zero attached hydrogens (tertiary/aromatic N) is 1. The summed E-state index contributed by atoms with van der Waals surface area (Å²) in [6, 6.07) is 15.5. The minimum Gasteiger partial charge on any atom is -0.493 e. The molecule has 0 aliphatic carbocycles. The number of hydrogen-bond donors (Lipinski definition) is 1. The zero-order valence-electron chi connectivity index (χ0n) is 11.6. The van der Waals surface area contributed by atoms with E-state index in [1.165, 1.54) is 0 Å². The molecule has 1 N–H and O–H groups in total. The molecule has 0 bridgehead atoms. The number of fused-ring (bicyclic) bond motifs is 1. The Morgan fingerprint density at radius 3 is 2.90 bits per heavy atom. The molecule has 1 aliphatic heterocycles. The zero-order valence-corrected chi connectivity index (χ0v) is 12.4. The van der Waals surface area contributed by atoms with Crippen LogP contribution in [0.1, 0.15) is 24.1 Å². The molecule has 21 heavy (non-hydrogen) atoms. The second kappa shape index (κ2) is 5.67. The summed E-state index contributed by atoms with van der Waals surface area (Å²) in [5, 5.41) is 13.1. The van der Waals surface area contributed by atoms with Gasteiger partial charge in [0.25, 0.3) is 0 Å². The highest BCUT2D eigenvalue weighted by atomic mass is 35.5. The first-order valence-corrected chi connectivity index (χ1v) is 7.25. The molecule has 2 unspecified atom stereocenters. The molecule has 1 aliphatic rings. The van der Waals surface area contributed by atoms with Gasteiger partial charge in [-0.3, -0.25) is 0 Å². The topological polar surface area (TPSA) is 45.0 Å². The van der Waals surface area contributed by atoms with Crippen LogP contribution in [0, 0.1) is 17.2 Å². The minimum atomic E-state index is 0.112. The first-order chi connectivity index (χ1) is 10.2. The molecule has 0 radical (unpaired) electrons. The van der Waals surface area contributed by atoms with Gasteiger partial charge in [-0.05, 0) is 24.3 Å². The first kappa shape index (κ1) is 13.8. The lowest BCUT2D eigenvalue weighted by Crippen LogP contribution is -2.28. The van der Waals surface area contributed by atoms with Crippen molar-refractivity contribution in [2.24, 2.45) is 5.92 Å². The summed E-state index contributed by atoms with van der Waals surface area (Å²) >= 11 is 6.24. The number of anilines is 1. The average molecular weight is 299 g/mol. The number of benzene rings is 2. The molecule has 1 heterocycles. The molecule has 0 aromatic heterocycles. The van der Waals surface area contributed by atoms with Crippen molar-refractivity contribution in [3.63, 3.8) is 0 Å². The summed E-state index contributed by atoms with van der Waals surface area (Å²) in [7, 11) is 0. The predicted octanol–water partition coefficient (Wildman–Crippen LogP) is 4.39. The molecule has 2 aromatic rings. The van der Waals surface area contributed by atoms with E-state index in [9.17, 15) is 0 Å². The van der Waals surface area contributed by atoms with E-state index >= 15 is 0 Å². The van der Waals surface area contributed by atoms with Gasteiger partial charge in [0.2, 0.25) is 0 Å². The third-order valence-corrected chi connectivity index (χ3v) is 4.06. The van der Waals surface area contributed by atoms with E-state index in [0.29, 0.717) is 23.1 Å². The average Bonchev–Trinajstić information content (AvgIpc) is 2.52. The SMILES string of the molecule is CC1COc2ccccc2C1Nc1cc(C#N)ccc1Cl. The summed E-state index contributed by atoms with van der Waals surface area (Å²) in [5.74, 6) is 1.21. The number of hydrogen-bond acceptors (Lipinski definition) is 3. The van der Waals surface area contributed by atoms with Crippen molar-refractivity contribution >= 4 is 17.3 Å². The summed E-state index contributed by atoms with van der Waals surface area (Å²) in [6.07, 6.45) is 0. The molecule has 0 fully saturated rings. The molecule has 0 saturated carbocycles. The maximum Gasteiger partial charge on any atom is 0.124 e. The van der Waals surface area contributed by atoms with Gasteiger partial charge in [0.15, 0.2) is 0 Å². The van der Waals surface area contributed by atoms with Crippen LogP contribution in [0.15, 0.2) is 42.5 Å². The molecule has 3 rings (SSSR count). The molecule has 2 atom stereocenters. The first-order valence-electron chi connectivity index (χ1n) is 6.87. The van der Waals surface area contributed by atoms with Crippen molar-refractivity contribution in [2.75, 3.05) is 11.9 Å². The Morgan fingerprint density at radius 2 is 2.10 bits per heavy atom. The molecule has 3 nitrogen and oxygen atoms in total. The smallest absolute Gasteiger partial charge is 0.124 e. The van der Waals surface area contributed by atoms with E-state index < -0.39 is 0 Å². The van der Waals surface area contributed by atoms with Crippen molar-refractivity contribution < 1.29 is 4.74 Å². The van der Waals surface area contributed by atoms with Crippen molar-refractivity contribution in [2.45, 2.75) is 13.0 Å². The van der Waals surface area contributed by atoms with Gasteiger partial charge in [-0.15, -0.1) is 0 Å². The molecule has 106 valence electrons. The highest BCUT2D eigenvalue weighted by molar-refractivity contribution is 6.33. The van der Waals surface area contributed by atoms with Crippen LogP contribution in [0.4, 0.5) is 5.69 Å². The van der Waals surface area contributed by atoms with Crippen LogP contribution >= 0.6 is 11.6 Å². The summed E-state index contributed by atoms with van der Waals surface area (Å²) < 4.78 is 5.75. The predicted molar refractivity (Wildman–Crippen MR) is 83.6 cm³/mol. The quantitative estimate of drug-likeness (QED) is 0.894. The van der Waals surface area contributed by atoms with Crippen LogP contribution in [0.2, 0.25) is 5.02 Å². The lowest BCUT2D eigenvalue weighted by molar-refractivity contribution is 0.214. The van der Waals surface area contributed by atoms with Gasteiger partial charge in [-0.2, -0.15) is 5.26 Å².